The van der Waals surface area contributed by atoms with Crippen LogP contribution in [0, 0.1) is 0 Å². The number of hydrogen-bond donors (Lipinski definition) is 0. The predicted octanol–water partition coefficient (Wildman–Crippen LogP) is 14.0. The lowest BCUT2D eigenvalue weighted by Gasteiger charge is -2.31. The molecular formula is C63H93N3O12. The summed E-state index contributed by atoms with van der Waals surface area (Å²) in [6, 6.07) is 10.9. The Bertz CT molecular complexity index is 2640. The Morgan fingerprint density at radius 2 is 0.462 bits per heavy atom. The van der Waals surface area contributed by atoms with Crippen molar-refractivity contribution in [3.05, 3.63) is 118 Å². The van der Waals surface area contributed by atoms with E-state index in [4.69, 9.17) is 28.4 Å². The number of carbonyl (C=O) groups is 3. The van der Waals surface area contributed by atoms with Crippen LogP contribution in [0.1, 0.15) is 237 Å². The number of ether oxygens (including phenoxy) is 6. The van der Waals surface area contributed by atoms with E-state index >= 15 is 14.4 Å². The molecule has 15 heteroatoms. The Hall–Kier alpha value is -6.12. The summed E-state index contributed by atoms with van der Waals surface area (Å²) in [5.41, 5.74) is -3.40. The first-order chi connectivity index (χ1) is 34.8. The zero-order valence-electron chi connectivity index (χ0n) is 52.3. The fourth-order valence-corrected chi connectivity index (χ4v) is 8.71. The third-order valence-electron chi connectivity index (χ3n) is 12.4. The first-order valence-corrected chi connectivity index (χ1v) is 27.0. The van der Waals surface area contributed by atoms with Crippen molar-refractivity contribution in [1.82, 2.24) is 13.7 Å². The van der Waals surface area contributed by atoms with Crippen LogP contribution in [0.3, 0.4) is 0 Å². The molecule has 0 bridgehead atoms. The van der Waals surface area contributed by atoms with Gasteiger partial charge in [-0.25, -0.2) is 42.5 Å². The van der Waals surface area contributed by atoms with E-state index in [1.54, 1.807) is 62.3 Å². The highest BCUT2D eigenvalue weighted by Gasteiger charge is 2.35. The molecule has 1 heterocycles. The second-order valence-electron chi connectivity index (χ2n) is 29.9. The van der Waals surface area contributed by atoms with Gasteiger partial charge in [-0.05, 0) is 148 Å². The van der Waals surface area contributed by atoms with Crippen LogP contribution in [0.2, 0.25) is 0 Å². The van der Waals surface area contributed by atoms with Crippen LogP contribution in [0.4, 0.5) is 14.4 Å². The molecule has 0 aliphatic carbocycles. The van der Waals surface area contributed by atoms with Gasteiger partial charge >= 0.3 is 35.5 Å². The highest BCUT2D eigenvalue weighted by molar-refractivity contribution is 5.69. The normalized spacial score (nSPS) is 13.3. The van der Waals surface area contributed by atoms with Crippen molar-refractivity contribution in [1.29, 1.82) is 0 Å². The maximum atomic E-state index is 15.3. The largest absolute Gasteiger partial charge is 0.514 e. The summed E-state index contributed by atoms with van der Waals surface area (Å²) in [7, 11) is 0. The molecule has 0 radical (unpaired) electrons. The minimum absolute atomic E-state index is 0.275. The third kappa shape index (κ3) is 16.7. The van der Waals surface area contributed by atoms with Crippen molar-refractivity contribution in [3.63, 3.8) is 0 Å². The molecule has 4 aromatic rings. The third-order valence-corrected chi connectivity index (χ3v) is 12.4. The van der Waals surface area contributed by atoms with Gasteiger partial charge in [0.2, 0.25) is 0 Å². The van der Waals surface area contributed by atoms with Gasteiger partial charge in [-0.15, -0.1) is 0 Å². The molecular weight excluding hydrogens is 991 g/mol. The minimum Gasteiger partial charge on any atom is -0.428 e. The Morgan fingerprint density at radius 1 is 0.308 bits per heavy atom. The lowest BCUT2D eigenvalue weighted by molar-refractivity contribution is 0.0185. The smallest absolute Gasteiger partial charge is 0.428 e. The van der Waals surface area contributed by atoms with E-state index in [1.165, 1.54) is 0 Å². The average molecular weight is 1080 g/mol. The first kappa shape index (κ1) is 64.4. The number of nitrogens with zero attached hydrogens (tertiary/aromatic N) is 3. The SMILES string of the molecule is CC(C)(C)OC(=O)Oc1c(C(C)(C)C)cc(Cn2c(=O)n(Cc3cc(C(C)(C)C)c(OC(=O)OC(C)(C)C)c(C(C)(C)C)c3)c(=O)n(Cc3cc(C(C)(C)C)c(OC(=O)OC(C)(C)C)c(C(C)(C)C)c3)c2=O)cc1C(C)(C)C. The highest BCUT2D eigenvalue weighted by Crippen LogP contribution is 2.44. The Morgan fingerprint density at radius 3 is 0.590 bits per heavy atom. The molecule has 78 heavy (non-hydrogen) atoms. The molecule has 0 aliphatic heterocycles. The minimum atomic E-state index is -0.875. The molecule has 0 amide bonds. The highest BCUT2D eigenvalue weighted by atomic mass is 16.7. The van der Waals surface area contributed by atoms with Crippen LogP contribution < -0.4 is 31.3 Å². The topological polar surface area (TPSA) is 173 Å². The summed E-state index contributed by atoms with van der Waals surface area (Å²) < 4.78 is 38.3. The van der Waals surface area contributed by atoms with E-state index in [0.717, 1.165) is 13.7 Å². The van der Waals surface area contributed by atoms with Gasteiger partial charge in [0, 0.05) is 33.4 Å². The lowest BCUT2D eigenvalue weighted by Crippen LogP contribution is -2.55. The monoisotopic (exact) mass is 1080 g/mol. The zero-order valence-corrected chi connectivity index (χ0v) is 52.3. The van der Waals surface area contributed by atoms with Gasteiger partial charge in [-0.2, -0.15) is 0 Å². The van der Waals surface area contributed by atoms with Gasteiger partial charge in [0.15, 0.2) is 0 Å². The van der Waals surface area contributed by atoms with Crippen LogP contribution in [-0.4, -0.2) is 49.0 Å². The van der Waals surface area contributed by atoms with Crippen LogP contribution in [0.5, 0.6) is 17.2 Å². The Balaban J connectivity index is 2.19. The number of rotatable bonds is 9. The number of hydrogen-bond acceptors (Lipinski definition) is 12. The second-order valence-corrected chi connectivity index (χ2v) is 29.9. The number of aromatic nitrogens is 3. The van der Waals surface area contributed by atoms with Gasteiger partial charge < -0.3 is 28.4 Å². The standard InChI is InChI=1S/C63H93N3O12/c1-55(2,3)40-28-37(29-41(56(4,5)6)46(40)73-52(70)76-61(19,20)21)34-64-49(67)65(35-38-30-42(57(7,8)9)47(43(31-38)58(10,11)12)74-53(71)77-62(22,23)24)51(69)66(50(64)68)36-39-32-44(59(13,14)15)48(45(33-39)60(16,17)18)75-54(72)78-63(25,26)27/h28-33H,34-36H2,1-27H3. The van der Waals surface area contributed by atoms with Gasteiger partial charge in [-0.1, -0.05) is 125 Å². The van der Waals surface area contributed by atoms with Gasteiger partial charge in [0.1, 0.15) is 34.1 Å². The summed E-state index contributed by atoms with van der Waals surface area (Å²) in [5.74, 6) is 0.943. The molecule has 432 valence electrons. The van der Waals surface area contributed by atoms with E-state index in [2.05, 4.69) is 0 Å². The van der Waals surface area contributed by atoms with Crippen molar-refractivity contribution in [2.75, 3.05) is 0 Å². The van der Waals surface area contributed by atoms with Gasteiger partial charge in [-0.3, -0.25) is 0 Å². The maximum Gasteiger partial charge on any atom is 0.514 e. The molecule has 0 atom stereocenters. The fraction of sp³-hybridized carbons (Fsp3) is 0.619. The summed E-state index contributed by atoms with van der Waals surface area (Å²) >= 11 is 0. The van der Waals surface area contributed by atoms with Crippen molar-refractivity contribution in [2.24, 2.45) is 0 Å². The van der Waals surface area contributed by atoms with Crippen LogP contribution >= 0.6 is 0 Å². The first-order valence-electron chi connectivity index (χ1n) is 27.0. The van der Waals surface area contributed by atoms with Gasteiger partial charge in [0.05, 0.1) is 19.6 Å². The second kappa shape index (κ2) is 21.8. The molecule has 0 unspecified atom stereocenters. The fourth-order valence-electron chi connectivity index (χ4n) is 8.71. The van der Waals surface area contributed by atoms with Crippen molar-refractivity contribution < 1.29 is 42.8 Å². The van der Waals surface area contributed by atoms with Crippen LogP contribution in [-0.2, 0) is 66.3 Å². The molecule has 3 aromatic carbocycles. The average Bonchev–Trinajstić information content (AvgIpc) is 3.19. The zero-order chi connectivity index (χ0) is 60.2. The van der Waals surface area contributed by atoms with E-state index in [-0.39, 0.29) is 19.6 Å². The van der Waals surface area contributed by atoms with E-state index in [9.17, 15) is 14.4 Å². The molecule has 0 fully saturated rings. The molecule has 1 aromatic heterocycles. The summed E-state index contributed by atoms with van der Waals surface area (Å²) in [6.07, 6.45) is -2.63. The molecule has 0 aliphatic rings. The Kier molecular flexibility index (Phi) is 18.0. The summed E-state index contributed by atoms with van der Waals surface area (Å²) in [4.78, 5) is 86.1. The Labute approximate surface area is 464 Å². The summed E-state index contributed by atoms with van der Waals surface area (Å²) in [5, 5.41) is 0. The lowest BCUT2D eigenvalue weighted by atomic mass is 9.78. The molecule has 15 nitrogen and oxygen atoms in total. The van der Waals surface area contributed by atoms with Crippen molar-refractivity contribution in [3.8, 4) is 17.2 Å². The van der Waals surface area contributed by atoms with Crippen LogP contribution in [0.15, 0.2) is 50.8 Å². The quantitative estimate of drug-likeness (QED) is 0.0883. The number of benzene rings is 3. The molecule has 4 rings (SSSR count). The van der Waals surface area contributed by atoms with E-state index < -0.39 is 84.8 Å². The van der Waals surface area contributed by atoms with Gasteiger partial charge in [0.25, 0.3) is 0 Å². The van der Waals surface area contributed by atoms with E-state index in [0.29, 0.717) is 67.3 Å². The molecule has 0 spiro atoms. The van der Waals surface area contributed by atoms with Crippen molar-refractivity contribution >= 4 is 18.5 Å². The molecule has 0 saturated carbocycles. The number of carbonyl (C=O) groups excluding carboxylic acids is 3. The summed E-state index contributed by atoms with van der Waals surface area (Å²) in [6.45, 7) is 50.5. The maximum absolute atomic E-state index is 15.3. The predicted molar refractivity (Wildman–Crippen MR) is 309 cm³/mol. The van der Waals surface area contributed by atoms with Crippen molar-refractivity contribution in [2.45, 2.75) is 256 Å². The molecule has 0 N–H and O–H groups in total. The van der Waals surface area contributed by atoms with Crippen LogP contribution in [0.25, 0.3) is 0 Å². The molecule has 0 saturated heterocycles. The van der Waals surface area contributed by atoms with E-state index in [1.807, 2.05) is 161 Å².